The molecule has 0 saturated heterocycles. The van der Waals surface area contributed by atoms with E-state index in [9.17, 15) is 13.6 Å². The average Bonchev–Trinajstić information content (AvgIpc) is 3.30. The lowest BCUT2D eigenvalue weighted by Gasteiger charge is -2.18. The van der Waals surface area contributed by atoms with E-state index in [0.29, 0.717) is 5.02 Å². The number of carbonyl (C=O) groups excluding carboxylic acids is 1. The molecule has 3 rings (SSSR count). The van der Waals surface area contributed by atoms with Gasteiger partial charge in [0, 0.05) is 12.1 Å². The van der Waals surface area contributed by atoms with Crippen LogP contribution in [0.25, 0.3) is 0 Å². The number of allylic oxidation sites excluding steroid dienone is 1. The van der Waals surface area contributed by atoms with E-state index < -0.39 is 23.9 Å². The van der Waals surface area contributed by atoms with Crippen LogP contribution in [0.5, 0.6) is 0 Å². The molecule has 1 aromatic carbocycles. The summed E-state index contributed by atoms with van der Waals surface area (Å²) in [5.41, 5.74) is 9.81. The average molecular weight is 385 g/mol. The standard InChI is InChI=1S/C17H19ClF2N4O2/c1-9-3-4-10(18)7-11(9)17(5-6-17)16(21)23-26-15(25)12-8-13(14(19)20)24(2)22-12/h3-4,7-8,12,14,22H,5-6H2,1-2H3,(H2,21,23). The monoisotopic (exact) mass is 384 g/mol. The van der Waals surface area contributed by atoms with Crippen molar-refractivity contribution in [1.29, 1.82) is 0 Å². The molecule has 1 aliphatic carbocycles. The van der Waals surface area contributed by atoms with E-state index in [1.54, 1.807) is 6.07 Å². The Morgan fingerprint density at radius 1 is 1.50 bits per heavy atom. The molecule has 1 heterocycles. The van der Waals surface area contributed by atoms with E-state index in [0.717, 1.165) is 35.1 Å². The van der Waals surface area contributed by atoms with Gasteiger partial charge in [0.15, 0.2) is 5.84 Å². The number of alkyl halides is 2. The minimum Gasteiger partial charge on any atom is -0.384 e. The first-order valence-electron chi connectivity index (χ1n) is 8.06. The zero-order valence-electron chi connectivity index (χ0n) is 14.3. The number of amidine groups is 1. The second-order valence-electron chi connectivity index (χ2n) is 6.49. The Morgan fingerprint density at radius 2 is 2.19 bits per heavy atom. The fraction of sp³-hybridized carbons (Fsp3) is 0.412. The Morgan fingerprint density at radius 3 is 2.77 bits per heavy atom. The summed E-state index contributed by atoms with van der Waals surface area (Å²) in [6.07, 6.45) is -0.0615. The molecule has 1 saturated carbocycles. The van der Waals surface area contributed by atoms with Gasteiger partial charge in [-0.1, -0.05) is 22.8 Å². The van der Waals surface area contributed by atoms with Crippen molar-refractivity contribution in [3.8, 4) is 0 Å². The quantitative estimate of drug-likeness (QED) is 0.353. The smallest absolute Gasteiger partial charge is 0.357 e. The molecule has 26 heavy (non-hydrogen) atoms. The topological polar surface area (TPSA) is 80.0 Å². The van der Waals surface area contributed by atoms with E-state index in [2.05, 4.69) is 10.6 Å². The molecule has 0 spiro atoms. The number of halogens is 3. The Labute approximate surface area is 154 Å². The molecule has 1 unspecified atom stereocenters. The molecule has 1 aromatic rings. The number of hydrogen-bond acceptors (Lipinski definition) is 5. The van der Waals surface area contributed by atoms with Crippen molar-refractivity contribution in [2.24, 2.45) is 10.9 Å². The lowest BCUT2D eigenvalue weighted by atomic mass is 9.91. The first-order valence-corrected chi connectivity index (χ1v) is 8.43. The van der Waals surface area contributed by atoms with Crippen molar-refractivity contribution in [3.63, 3.8) is 0 Å². The summed E-state index contributed by atoms with van der Waals surface area (Å²) >= 11 is 6.08. The molecule has 9 heteroatoms. The highest BCUT2D eigenvalue weighted by atomic mass is 35.5. The van der Waals surface area contributed by atoms with E-state index in [-0.39, 0.29) is 11.5 Å². The first-order chi connectivity index (χ1) is 12.2. The van der Waals surface area contributed by atoms with Gasteiger partial charge in [0.2, 0.25) is 0 Å². The van der Waals surface area contributed by atoms with Gasteiger partial charge in [-0.05, 0) is 49.1 Å². The number of benzene rings is 1. The van der Waals surface area contributed by atoms with E-state index in [4.69, 9.17) is 22.2 Å². The number of carbonyl (C=O) groups is 1. The number of nitrogens with one attached hydrogen (secondary N) is 1. The van der Waals surface area contributed by atoms with Crippen molar-refractivity contribution in [1.82, 2.24) is 10.4 Å². The van der Waals surface area contributed by atoms with Crippen molar-refractivity contribution >= 4 is 23.4 Å². The Bertz CT molecular complexity index is 793. The summed E-state index contributed by atoms with van der Waals surface area (Å²) in [5, 5.41) is 5.44. The molecule has 2 aliphatic rings. The number of hydrazine groups is 1. The Hall–Kier alpha value is -2.19. The molecule has 6 nitrogen and oxygen atoms in total. The largest absolute Gasteiger partial charge is 0.384 e. The number of aryl methyl sites for hydroxylation is 1. The van der Waals surface area contributed by atoms with Crippen molar-refractivity contribution in [3.05, 3.63) is 46.1 Å². The molecule has 1 atom stereocenters. The number of hydrogen-bond donors (Lipinski definition) is 2. The van der Waals surface area contributed by atoms with E-state index in [1.807, 2.05) is 19.1 Å². The van der Waals surface area contributed by atoms with Crippen LogP contribution < -0.4 is 11.2 Å². The molecule has 140 valence electrons. The minimum atomic E-state index is -2.69. The van der Waals surface area contributed by atoms with Crippen LogP contribution in [0.3, 0.4) is 0 Å². The highest BCUT2D eigenvalue weighted by molar-refractivity contribution is 6.30. The van der Waals surface area contributed by atoms with Gasteiger partial charge in [0.1, 0.15) is 6.04 Å². The van der Waals surface area contributed by atoms with Crippen LogP contribution in [0, 0.1) is 6.92 Å². The van der Waals surface area contributed by atoms with Crippen LogP contribution in [0.15, 0.2) is 35.1 Å². The normalized spacial score (nSPS) is 21.8. The van der Waals surface area contributed by atoms with Crippen LogP contribution in [0.1, 0.15) is 24.0 Å². The maximum Gasteiger partial charge on any atom is 0.357 e. The molecule has 0 radical (unpaired) electrons. The summed E-state index contributed by atoms with van der Waals surface area (Å²) in [7, 11) is 1.39. The van der Waals surface area contributed by atoms with Gasteiger partial charge in [-0.15, -0.1) is 0 Å². The van der Waals surface area contributed by atoms with Crippen molar-refractivity contribution < 1.29 is 18.4 Å². The minimum absolute atomic E-state index is 0.167. The Balaban J connectivity index is 1.73. The highest BCUT2D eigenvalue weighted by Crippen LogP contribution is 2.50. The summed E-state index contributed by atoms with van der Waals surface area (Å²) in [6.45, 7) is 1.94. The SMILES string of the molecule is Cc1ccc(Cl)cc1C1(/C(N)=N/OC(=O)C2C=C(C(F)F)N(C)N2)CC1. The van der Waals surface area contributed by atoms with Gasteiger partial charge in [0.05, 0.1) is 11.1 Å². The predicted octanol–water partition coefficient (Wildman–Crippen LogP) is 2.46. The van der Waals surface area contributed by atoms with Crippen molar-refractivity contribution in [2.45, 2.75) is 37.6 Å². The summed E-state index contributed by atoms with van der Waals surface area (Å²) < 4.78 is 25.6. The molecule has 1 fully saturated rings. The number of rotatable bonds is 5. The van der Waals surface area contributed by atoms with Crippen LogP contribution in [0.4, 0.5) is 8.78 Å². The lowest BCUT2D eigenvalue weighted by Crippen LogP contribution is -2.40. The predicted molar refractivity (Wildman–Crippen MR) is 93.6 cm³/mol. The van der Waals surface area contributed by atoms with E-state index >= 15 is 0 Å². The second kappa shape index (κ2) is 6.85. The van der Waals surface area contributed by atoms with Crippen LogP contribution in [-0.2, 0) is 15.0 Å². The van der Waals surface area contributed by atoms with E-state index in [1.165, 1.54) is 7.05 Å². The molecule has 0 amide bonds. The number of nitrogens with zero attached hydrogens (tertiary/aromatic N) is 2. The molecular formula is C17H19ClF2N4O2. The maximum absolute atomic E-state index is 12.8. The van der Waals surface area contributed by atoms with Gasteiger partial charge in [0.25, 0.3) is 6.43 Å². The van der Waals surface area contributed by atoms with Crippen molar-refractivity contribution in [2.75, 3.05) is 7.05 Å². The van der Waals surface area contributed by atoms with Crippen LogP contribution in [0.2, 0.25) is 5.02 Å². The fourth-order valence-corrected chi connectivity index (χ4v) is 3.25. The molecule has 0 bridgehead atoms. The molecule has 0 aromatic heterocycles. The number of oxime groups is 1. The van der Waals surface area contributed by atoms with Crippen LogP contribution in [-0.4, -0.2) is 36.3 Å². The highest BCUT2D eigenvalue weighted by Gasteiger charge is 2.50. The summed E-state index contributed by atoms with van der Waals surface area (Å²) in [4.78, 5) is 17.0. The third-order valence-corrected chi connectivity index (χ3v) is 4.96. The summed E-state index contributed by atoms with van der Waals surface area (Å²) in [5.74, 6) is -0.644. The molecule has 1 aliphatic heterocycles. The van der Waals surface area contributed by atoms with Gasteiger partial charge >= 0.3 is 5.97 Å². The second-order valence-corrected chi connectivity index (χ2v) is 6.92. The number of nitrogens with two attached hydrogens (primary N) is 1. The van der Waals surface area contributed by atoms with Gasteiger partial charge in [-0.25, -0.2) is 19.0 Å². The van der Waals surface area contributed by atoms with Crippen LogP contribution >= 0.6 is 11.6 Å². The third-order valence-electron chi connectivity index (χ3n) is 4.72. The molecule has 3 N–H and O–H groups in total. The Kier molecular flexibility index (Phi) is 4.90. The van der Waals surface area contributed by atoms with Gasteiger partial charge in [-0.3, -0.25) is 0 Å². The fourth-order valence-electron chi connectivity index (χ4n) is 3.08. The maximum atomic E-state index is 12.8. The molecular weight excluding hydrogens is 366 g/mol. The summed E-state index contributed by atoms with van der Waals surface area (Å²) in [6, 6.07) is 4.48. The zero-order chi connectivity index (χ0) is 19.1. The van der Waals surface area contributed by atoms with Gasteiger partial charge < -0.3 is 15.6 Å². The first kappa shape index (κ1) is 18.6. The lowest BCUT2D eigenvalue weighted by molar-refractivity contribution is -0.145. The zero-order valence-corrected chi connectivity index (χ0v) is 15.1. The van der Waals surface area contributed by atoms with Gasteiger partial charge in [-0.2, -0.15) is 0 Å². The third kappa shape index (κ3) is 3.39.